The van der Waals surface area contributed by atoms with Crippen LogP contribution in [0.3, 0.4) is 0 Å². The smallest absolute Gasteiger partial charge is 0.303 e. The lowest BCUT2D eigenvalue weighted by Gasteiger charge is -2.07. The third-order valence-corrected chi connectivity index (χ3v) is 5.17. The molecule has 8 heteroatoms. The molecule has 0 fully saturated rings. The Hall–Kier alpha value is -3.19. The maximum absolute atomic E-state index is 12.8. The zero-order valence-corrected chi connectivity index (χ0v) is 16.6. The lowest BCUT2D eigenvalue weighted by Crippen LogP contribution is -2.21. The average Bonchev–Trinajstić information content (AvgIpc) is 3.09. The highest BCUT2D eigenvalue weighted by molar-refractivity contribution is 6.30. The average molecular weight is 411 g/mol. The highest BCUT2D eigenvalue weighted by atomic mass is 35.5. The molecule has 148 valence electrons. The second kappa shape index (κ2) is 7.67. The molecule has 0 aliphatic heterocycles. The summed E-state index contributed by atoms with van der Waals surface area (Å²) in [7, 11) is 0. The van der Waals surface area contributed by atoms with E-state index < -0.39 is 5.97 Å². The molecule has 7 nitrogen and oxygen atoms in total. The molecular formula is C21H19ClN4O3. The van der Waals surface area contributed by atoms with Gasteiger partial charge >= 0.3 is 5.97 Å². The first-order chi connectivity index (χ1) is 14.0. The predicted octanol–water partition coefficient (Wildman–Crippen LogP) is 3.79. The number of carboxylic acid groups (broad SMARTS) is 1. The van der Waals surface area contributed by atoms with Crippen molar-refractivity contribution in [3.63, 3.8) is 0 Å². The lowest BCUT2D eigenvalue weighted by atomic mass is 10.0. The molecule has 1 aromatic carbocycles. The first-order valence-corrected chi connectivity index (χ1v) is 9.75. The summed E-state index contributed by atoms with van der Waals surface area (Å²) in [5.74, 6) is -0.874. The minimum Gasteiger partial charge on any atom is -0.481 e. The lowest BCUT2D eigenvalue weighted by molar-refractivity contribution is -0.137. The molecule has 0 aliphatic rings. The first-order valence-electron chi connectivity index (χ1n) is 9.37. The van der Waals surface area contributed by atoms with Crippen LogP contribution in [0.5, 0.6) is 0 Å². The van der Waals surface area contributed by atoms with Crippen LogP contribution in [-0.2, 0) is 17.8 Å². The number of pyridine rings is 1. The molecule has 0 atom stereocenters. The molecule has 0 radical (unpaired) electrons. The number of aliphatic carboxylic acids is 1. The molecule has 0 unspecified atom stereocenters. The molecule has 0 aliphatic carbocycles. The van der Waals surface area contributed by atoms with Crippen molar-refractivity contribution in [2.75, 3.05) is 0 Å². The molecule has 0 saturated heterocycles. The van der Waals surface area contributed by atoms with E-state index in [0.717, 1.165) is 23.2 Å². The van der Waals surface area contributed by atoms with Gasteiger partial charge in [-0.3, -0.25) is 9.59 Å². The normalized spacial score (nSPS) is 11.4. The third-order valence-electron chi connectivity index (χ3n) is 4.91. The molecule has 4 rings (SSSR count). The summed E-state index contributed by atoms with van der Waals surface area (Å²) in [5.41, 5.74) is 3.93. The number of carboxylic acids is 1. The molecular weight excluding hydrogens is 392 g/mol. The molecule has 0 saturated carbocycles. The van der Waals surface area contributed by atoms with E-state index in [2.05, 4.69) is 4.98 Å². The predicted molar refractivity (Wildman–Crippen MR) is 111 cm³/mol. The quantitative estimate of drug-likeness (QED) is 0.522. The highest BCUT2D eigenvalue weighted by Crippen LogP contribution is 2.30. The summed E-state index contributed by atoms with van der Waals surface area (Å²) in [4.78, 5) is 28.1. The van der Waals surface area contributed by atoms with E-state index in [1.165, 1.54) is 4.57 Å². The van der Waals surface area contributed by atoms with Gasteiger partial charge in [-0.2, -0.15) is 5.10 Å². The minimum atomic E-state index is -0.874. The van der Waals surface area contributed by atoms with Crippen LogP contribution in [0.15, 0.2) is 47.5 Å². The number of hydrogen-bond donors (Lipinski definition) is 1. The summed E-state index contributed by atoms with van der Waals surface area (Å²) >= 11 is 6.02. The number of fused-ring (bicyclic) bond motifs is 3. The summed E-state index contributed by atoms with van der Waals surface area (Å²) < 4.78 is 3.23. The van der Waals surface area contributed by atoms with Crippen LogP contribution in [-0.4, -0.2) is 30.2 Å². The monoisotopic (exact) mass is 410 g/mol. The minimum absolute atomic E-state index is 0.0191. The number of carbonyl (C=O) groups is 1. The van der Waals surface area contributed by atoms with Gasteiger partial charge in [0.1, 0.15) is 0 Å². The molecule has 0 amide bonds. The summed E-state index contributed by atoms with van der Waals surface area (Å²) in [6.07, 6.45) is 4.38. The Balaban J connectivity index is 1.86. The van der Waals surface area contributed by atoms with E-state index in [1.807, 2.05) is 37.3 Å². The topological polar surface area (TPSA) is 89.5 Å². The Labute approximate surface area is 171 Å². The van der Waals surface area contributed by atoms with E-state index in [-0.39, 0.29) is 12.0 Å². The molecule has 0 bridgehead atoms. The van der Waals surface area contributed by atoms with Gasteiger partial charge in [0.25, 0.3) is 5.56 Å². The molecule has 4 aromatic rings. The Bertz CT molecular complexity index is 1280. The van der Waals surface area contributed by atoms with Crippen molar-refractivity contribution in [3.05, 3.63) is 63.8 Å². The van der Waals surface area contributed by atoms with Crippen molar-refractivity contribution in [2.24, 2.45) is 0 Å². The SMILES string of the molecule is CCc1nn2c(ncc3c(=O)n(CCCC(=O)O)ccc32)c1-c1ccc(Cl)cc1. The second-order valence-corrected chi connectivity index (χ2v) is 7.22. The Morgan fingerprint density at radius 2 is 1.97 bits per heavy atom. The number of hydrogen-bond acceptors (Lipinski definition) is 4. The van der Waals surface area contributed by atoms with Crippen LogP contribution in [0.4, 0.5) is 0 Å². The molecule has 3 aromatic heterocycles. The van der Waals surface area contributed by atoms with Crippen molar-refractivity contribution in [3.8, 4) is 11.1 Å². The van der Waals surface area contributed by atoms with E-state index >= 15 is 0 Å². The zero-order chi connectivity index (χ0) is 20.5. The largest absolute Gasteiger partial charge is 0.481 e. The fourth-order valence-electron chi connectivity index (χ4n) is 3.49. The standard InChI is InChI=1S/C21H19ClN4O3/c1-2-16-19(13-5-7-14(22)8-6-13)20-23-12-15-17(26(20)24-16)9-11-25(21(15)29)10-3-4-18(27)28/h5-9,11-12H,2-4,10H2,1H3,(H,27,28). The van der Waals surface area contributed by atoms with E-state index in [0.29, 0.717) is 34.5 Å². The highest BCUT2D eigenvalue weighted by Gasteiger charge is 2.17. The van der Waals surface area contributed by atoms with E-state index in [9.17, 15) is 9.59 Å². The van der Waals surface area contributed by atoms with Crippen molar-refractivity contribution < 1.29 is 9.90 Å². The zero-order valence-electron chi connectivity index (χ0n) is 15.8. The van der Waals surface area contributed by atoms with Crippen molar-refractivity contribution >= 4 is 34.1 Å². The fraction of sp³-hybridized carbons (Fsp3) is 0.238. The number of nitrogens with zero attached hydrogens (tertiary/aromatic N) is 4. The van der Waals surface area contributed by atoms with Gasteiger partial charge in [0, 0.05) is 35.9 Å². The Morgan fingerprint density at radius 1 is 1.21 bits per heavy atom. The number of aryl methyl sites for hydroxylation is 2. The number of rotatable bonds is 6. The maximum atomic E-state index is 12.8. The Kier molecular flexibility index (Phi) is 5.07. The molecule has 3 heterocycles. The summed E-state index contributed by atoms with van der Waals surface area (Å²) in [5, 5.41) is 14.6. The van der Waals surface area contributed by atoms with Gasteiger partial charge in [0.05, 0.1) is 16.6 Å². The van der Waals surface area contributed by atoms with Gasteiger partial charge in [-0.05, 0) is 36.6 Å². The molecule has 1 N–H and O–H groups in total. The van der Waals surface area contributed by atoms with Crippen molar-refractivity contribution in [2.45, 2.75) is 32.7 Å². The van der Waals surface area contributed by atoms with Gasteiger partial charge in [-0.1, -0.05) is 30.7 Å². The second-order valence-electron chi connectivity index (χ2n) is 6.79. The number of halogens is 1. The van der Waals surface area contributed by atoms with Crippen molar-refractivity contribution in [1.82, 2.24) is 19.2 Å². The van der Waals surface area contributed by atoms with Crippen molar-refractivity contribution in [1.29, 1.82) is 0 Å². The van der Waals surface area contributed by atoms with Gasteiger partial charge in [0.2, 0.25) is 0 Å². The summed E-state index contributed by atoms with van der Waals surface area (Å²) in [6.45, 7) is 2.37. The van der Waals surface area contributed by atoms with Crippen LogP contribution in [0.2, 0.25) is 5.02 Å². The van der Waals surface area contributed by atoms with Gasteiger partial charge in [-0.15, -0.1) is 0 Å². The fourth-order valence-corrected chi connectivity index (χ4v) is 3.62. The third kappa shape index (κ3) is 3.49. The molecule has 0 spiro atoms. The number of benzene rings is 1. The van der Waals surface area contributed by atoms with Crippen LogP contribution in [0.25, 0.3) is 27.7 Å². The van der Waals surface area contributed by atoms with Crippen LogP contribution >= 0.6 is 11.6 Å². The first kappa shape index (κ1) is 19.1. The Morgan fingerprint density at radius 3 is 2.66 bits per heavy atom. The van der Waals surface area contributed by atoms with E-state index in [4.69, 9.17) is 21.8 Å². The van der Waals surface area contributed by atoms with Gasteiger partial charge in [-0.25, -0.2) is 9.50 Å². The molecule has 29 heavy (non-hydrogen) atoms. The van der Waals surface area contributed by atoms with Crippen LogP contribution in [0, 0.1) is 0 Å². The van der Waals surface area contributed by atoms with E-state index in [1.54, 1.807) is 16.9 Å². The van der Waals surface area contributed by atoms with Crippen LogP contribution < -0.4 is 5.56 Å². The van der Waals surface area contributed by atoms with Crippen LogP contribution in [0.1, 0.15) is 25.5 Å². The summed E-state index contributed by atoms with van der Waals surface area (Å²) in [6, 6.07) is 9.35. The van der Waals surface area contributed by atoms with Gasteiger partial charge < -0.3 is 9.67 Å². The number of aromatic nitrogens is 4. The van der Waals surface area contributed by atoms with Gasteiger partial charge in [0.15, 0.2) is 5.65 Å². The maximum Gasteiger partial charge on any atom is 0.303 e.